The molecule has 2 aromatic heterocycles. The van der Waals surface area contributed by atoms with Crippen LogP contribution < -0.4 is 57.1 Å². The molecular formula is C32H46I2N4. The minimum Gasteiger partial charge on any atom is -1.00 e. The summed E-state index contributed by atoms with van der Waals surface area (Å²) in [6.45, 7) is 13.1. The molecule has 0 bridgehead atoms. The highest BCUT2D eigenvalue weighted by Gasteiger charge is 2.12. The first-order valence-electron chi connectivity index (χ1n) is 13.8. The second kappa shape index (κ2) is 19.4. The minimum atomic E-state index is 0. The summed E-state index contributed by atoms with van der Waals surface area (Å²) in [6.07, 6.45) is 16.5. The van der Waals surface area contributed by atoms with Gasteiger partial charge in [-0.1, -0.05) is 87.4 Å². The third-order valence-electron chi connectivity index (χ3n) is 6.91. The predicted octanol–water partition coefficient (Wildman–Crippen LogP) is 0.653. The topological polar surface area (TPSA) is 17.6 Å². The van der Waals surface area contributed by atoms with Crippen molar-refractivity contribution in [3.63, 3.8) is 0 Å². The number of nitrogens with zero attached hydrogens (tertiary/aromatic N) is 4. The Kier molecular flexibility index (Phi) is 17.5. The van der Waals surface area contributed by atoms with Gasteiger partial charge in [0.25, 0.3) is 11.6 Å². The number of hydrogen-bond acceptors (Lipinski definition) is 0. The van der Waals surface area contributed by atoms with Crippen LogP contribution in [0.1, 0.15) is 75.1 Å². The van der Waals surface area contributed by atoms with Gasteiger partial charge in [0.1, 0.15) is 37.9 Å². The lowest BCUT2D eigenvalue weighted by atomic mass is 10.2. The highest BCUT2D eigenvalue weighted by molar-refractivity contribution is 5.14. The Labute approximate surface area is 265 Å². The van der Waals surface area contributed by atoms with E-state index in [0.29, 0.717) is 0 Å². The Morgan fingerprint density at radius 1 is 0.553 bits per heavy atom. The maximum absolute atomic E-state index is 2.36. The van der Waals surface area contributed by atoms with E-state index in [0.717, 1.165) is 26.2 Å². The van der Waals surface area contributed by atoms with Crippen LogP contribution in [0.3, 0.4) is 0 Å². The Morgan fingerprint density at radius 3 is 1.26 bits per heavy atom. The van der Waals surface area contributed by atoms with Crippen LogP contribution in [0.15, 0.2) is 85.5 Å². The average molecular weight is 741 g/mol. The zero-order valence-electron chi connectivity index (χ0n) is 23.7. The molecule has 0 radical (unpaired) electrons. The quantitative estimate of drug-likeness (QED) is 0.116. The SMILES string of the molecule is CCCCCn1cc[n+](Cc2ccccc2)c1C.CCCCCn1cc[n+](Cc2ccccc2)c1C.[I-].[I-]. The molecule has 6 heteroatoms. The van der Waals surface area contributed by atoms with Gasteiger partial charge in [0.2, 0.25) is 0 Å². The van der Waals surface area contributed by atoms with Gasteiger partial charge >= 0.3 is 0 Å². The highest BCUT2D eigenvalue weighted by atomic mass is 127. The van der Waals surface area contributed by atoms with Crippen molar-refractivity contribution in [3.05, 3.63) is 108 Å². The molecule has 0 unspecified atom stereocenters. The van der Waals surface area contributed by atoms with Crippen LogP contribution in [0.4, 0.5) is 0 Å². The van der Waals surface area contributed by atoms with E-state index in [1.807, 2.05) is 0 Å². The number of aryl methyl sites for hydroxylation is 2. The highest BCUT2D eigenvalue weighted by Crippen LogP contribution is 2.05. The molecule has 0 aliphatic rings. The molecule has 2 heterocycles. The number of halogens is 2. The van der Waals surface area contributed by atoms with Crippen molar-refractivity contribution in [3.8, 4) is 0 Å². The van der Waals surface area contributed by atoms with Crippen LogP contribution in [-0.4, -0.2) is 9.13 Å². The summed E-state index contributed by atoms with van der Waals surface area (Å²) in [5.41, 5.74) is 2.72. The summed E-state index contributed by atoms with van der Waals surface area (Å²) in [5.74, 6) is 2.69. The van der Waals surface area contributed by atoms with Gasteiger partial charge in [0.05, 0.1) is 13.1 Å². The van der Waals surface area contributed by atoms with Gasteiger partial charge in [-0.25, -0.2) is 18.3 Å². The van der Waals surface area contributed by atoms with E-state index < -0.39 is 0 Å². The van der Waals surface area contributed by atoms with Crippen molar-refractivity contribution >= 4 is 0 Å². The smallest absolute Gasteiger partial charge is 0.253 e. The predicted molar refractivity (Wildman–Crippen MR) is 149 cm³/mol. The number of aromatic nitrogens is 4. The van der Waals surface area contributed by atoms with E-state index >= 15 is 0 Å². The van der Waals surface area contributed by atoms with Gasteiger partial charge in [-0.2, -0.15) is 0 Å². The first-order chi connectivity index (χ1) is 17.6. The summed E-state index contributed by atoms with van der Waals surface area (Å²) in [6, 6.07) is 21.3. The van der Waals surface area contributed by atoms with Crippen LogP contribution in [0, 0.1) is 13.8 Å². The molecule has 0 fully saturated rings. The van der Waals surface area contributed by atoms with Gasteiger partial charge in [-0.05, 0) is 36.8 Å². The number of rotatable bonds is 12. The van der Waals surface area contributed by atoms with Crippen molar-refractivity contribution in [2.24, 2.45) is 0 Å². The van der Waals surface area contributed by atoms with E-state index in [2.05, 4.69) is 131 Å². The van der Waals surface area contributed by atoms with Crippen molar-refractivity contribution in [2.45, 2.75) is 92.4 Å². The Morgan fingerprint density at radius 2 is 0.921 bits per heavy atom. The largest absolute Gasteiger partial charge is 1.00 e. The lowest BCUT2D eigenvalue weighted by Gasteiger charge is -2.01. The molecule has 0 atom stereocenters. The molecule has 0 aliphatic carbocycles. The molecule has 0 N–H and O–H groups in total. The molecule has 2 aromatic carbocycles. The molecule has 0 saturated heterocycles. The first kappa shape index (κ1) is 34.3. The summed E-state index contributed by atoms with van der Waals surface area (Å²) in [5, 5.41) is 0. The van der Waals surface area contributed by atoms with Crippen molar-refractivity contribution < 1.29 is 57.1 Å². The van der Waals surface area contributed by atoms with Gasteiger partial charge < -0.3 is 48.0 Å². The summed E-state index contributed by atoms with van der Waals surface area (Å²) in [4.78, 5) is 0. The third-order valence-corrected chi connectivity index (χ3v) is 6.91. The maximum Gasteiger partial charge on any atom is 0.253 e. The molecule has 4 rings (SSSR count). The molecule has 0 aliphatic heterocycles. The van der Waals surface area contributed by atoms with Gasteiger partial charge in [0.15, 0.2) is 0 Å². The average Bonchev–Trinajstić information content (AvgIpc) is 3.43. The Bertz CT molecular complexity index is 1050. The number of imidazole rings is 2. The summed E-state index contributed by atoms with van der Waals surface area (Å²) >= 11 is 0. The normalized spacial score (nSPS) is 10.2. The number of benzene rings is 2. The molecule has 0 amide bonds. The number of unbranched alkanes of at least 4 members (excludes halogenated alkanes) is 4. The van der Waals surface area contributed by atoms with Crippen LogP contribution in [0.5, 0.6) is 0 Å². The molecule has 208 valence electrons. The third kappa shape index (κ3) is 11.2. The summed E-state index contributed by atoms with van der Waals surface area (Å²) < 4.78 is 9.36. The van der Waals surface area contributed by atoms with Crippen LogP contribution in [0.25, 0.3) is 0 Å². The Hall–Kier alpha value is -1.68. The zero-order chi connectivity index (χ0) is 25.6. The fourth-order valence-electron chi connectivity index (χ4n) is 4.51. The maximum atomic E-state index is 2.36. The van der Waals surface area contributed by atoms with Gasteiger partial charge in [-0.15, -0.1) is 0 Å². The molecule has 0 saturated carbocycles. The lowest BCUT2D eigenvalue weighted by Crippen LogP contribution is -3.00. The van der Waals surface area contributed by atoms with E-state index in [1.54, 1.807) is 0 Å². The molecule has 4 nitrogen and oxygen atoms in total. The first-order valence-corrected chi connectivity index (χ1v) is 13.8. The Balaban J connectivity index is 0.000000361. The summed E-state index contributed by atoms with van der Waals surface area (Å²) in [7, 11) is 0. The molecule has 0 spiro atoms. The molecule has 38 heavy (non-hydrogen) atoms. The zero-order valence-corrected chi connectivity index (χ0v) is 28.0. The van der Waals surface area contributed by atoms with E-state index in [4.69, 9.17) is 0 Å². The van der Waals surface area contributed by atoms with Gasteiger partial charge in [-0.3, -0.25) is 0 Å². The van der Waals surface area contributed by atoms with Crippen molar-refractivity contribution in [1.82, 2.24) is 9.13 Å². The molecular weight excluding hydrogens is 694 g/mol. The minimum absolute atomic E-state index is 0. The van der Waals surface area contributed by atoms with Crippen LogP contribution in [0.2, 0.25) is 0 Å². The lowest BCUT2D eigenvalue weighted by molar-refractivity contribution is -0.694. The van der Waals surface area contributed by atoms with E-state index in [1.165, 1.54) is 61.3 Å². The monoisotopic (exact) mass is 740 g/mol. The number of hydrogen-bond donors (Lipinski definition) is 0. The standard InChI is InChI=1S/2C16H23N2.2HI/c2*1-3-4-8-11-17-12-13-18(15(17)2)14-16-9-6-5-7-10-16;;/h2*5-7,9-10,12-13H,3-4,8,11,14H2,1-2H3;2*1H/q2*+1;;/p-2. The van der Waals surface area contributed by atoms with Crippen LogP contribution in [-0.2, 0) is 26.2 Å². The van der Waals surface area contributed by atoms with Crippen molar-refractivity contribution in [1.29, 1.82) is 0 Å². The molecule has 4 aromatic rings. The van der Waals surface area contributed by atoms with Crippen molar-refractivity contribution in [2.75, 3.05) is 0 Å². The second-order valence-electron chi connectivity index (χ2n) is 9.72. The van der Waals surface area contributed by atoms with E-state index in [-0.39, 0.29) is 48.0 Å². The fourth-order valence-corrected chi connectivity index (χ4v) is 4.51. The van der Waals surface area contributed by atoms with Crippen LogP contribution >= 0.6 is 0 Å². The van der Waals surface area contributed by atoms with Gasteiger partial charge in [0, 0.05) is 13.8 Å². The van der Waals surface area contributed by atoms with E-state index in [9.17, 15) is 0 Å². The second-order valence-corrected chi connectivity index (χ2v) is 9.72. The fraction of sp³-hybridized carbons (Fsp3) is 0.438.